The first-order chi connectivity index (χ1) is 13.1. The van der Waals surface area contributed by atoms with Crippen molar-refractivity contribution in [3.63, 3.8) is 0 Å². The molecule has 0 aliphatic heterocycles. The zero-order chi connectivity index (χ0) is 18.8. The van der Waals surface area contributed by atoms with Gasteiger partial charge in [-0.3, -0.25) is 4.79 Å². The van der Waals surface area contributed by atoms with Crippen LogP contribution in [0.1, 0.15) is 11.4 Å². The molecule has 0 fully saturated rings. The van der Waals surface area contributed by atoms with E-state index >= 15 is 0 Å². The Labute approximate surface area is 159 Å². The molecule has 0 bridgehead atoms. The first-order valence-electron chi connectivity index (χ1n) is 8.72. The van der Waals surface area contributed by atoms with Crippen molar-refractivity contribution in [2.24, 2.45) is 0 Å². The first-order valence-corrected chi connectivity index (χ1v) is 9.54. The summed E-state index contributed by atoms with van der Waals surface area (Å²) in [5, 5.41) is 0.616. The molecule has 27 heavy (non-hydrogen) atoms. The number of thiophene rings is 1. The molecule has 4 nitrogen and oxygen atoms in total. The second kappa shape index (κ2) is 7.42. The number of fused-ring (bicyclic) bond motifs is 1. The molecule has 0 saturated carbocycles. The predicted octanol–water partition coefficient (Wildman–Crippen LogP) is 3.01. The zero-order valence-corrected chi connectivity index (χ0v) is 15.6. The molecule has 2 heterocycles. The van der Waals surface area contributed by atoms with Crippen LogP contribution in [-0.2, 0) is 13.1 Å². The highest BCUT2D eigenvalue weighted by Gasteiger charge is 2.13. The van der Waals surface area contributed by atoms with Crippen LogP contribution < -0.4 is 10.5 Å². The van der Waals surface area contributed by atoms with Gasteiger partial charge in [-0.25, -0.2) is 9.37 Å². The number of aromatic amines is 1. The van der Waals surface area contributed by atoms with Crippen molar-refractivity contribution in [2.75, 3.05) is 7.05 Å². The lowest BCUT2D eigenvalue weighted by Crippen LogP contribution is -3.06. The summed E-state index contributed by atoms with van der Waals surface area (Å²) in [5.41, 5.74) is 1.88. The Morgan fingerprint density at radius 2 is 1.89 bits per heavy atom. The largest absolute Gasteiger partial charge is 0.327 e. The van der Waals surface area contributed by atoms with Crippen molar-refractivity contribution in [1.82, 2.24) is 9.97 Å². The van der Waals surface area contributed by atoms with Crippen molar-refractivity contribution in [3.8, 4) is 10.4 Å². The minimum Gasteiger partial charge on any atom is -0.327 e. The number of nitrogens with one attached hydrogen (secondary N) is 2. The molecule has 1 unspecified atom stereocenters. The van der Waals surface area contributed by atoms with Crippen LogP contribution in [-0.4, -0.2) is 17.0 Å². The van der Waals surface area contributed by atoms with E-state index in [1.165, 1.54) is 23.5 Å². The fraction of sp³-hybridized carbons (Fsp3) is 0.143. The fourth-order valence-electron chi connectivity index (χ4n) is 3.15. The van der Waals surface area contributed by atoms with Crippen LogP contribution in [0.15, 0.2) is 65.5 Å². The first kappa shape index (κ1) is 17.6. The summed E-state index contributed by atoms with van der Waals surface area (Å²) in [6.07, 6.45) is 0. The average molecular weight is 380 g/mol. The summed E-state index contributed by atoms with van der Waals surface area (Å²) in [4.78, 5) is 22.9. The van der Waals surface area contributed by atoms with Gasteiger partial charge in [-0.15, -0.1) is 11.3 Å². The van der Waals surface area contributed by atoms with Crippen molar-refractivity contribution in [1.29, 1.82) is 0 Å². The maximum Gasteiger partial charge on any atom is 0.259 e. The van der Waals surface area contributed by atoms with E-state index in [0.29, 0.717) is 24.3 Å². The number of halogens is 1. The molecule has 0 aliphatic carbocycles. The normalized spacial score (nSPS) is 12.4. The lowest BCUT2D eigenvalue weighted by atomic mass is 10.2. The van der Waals surface area contributed by atoms with Crippen LogP contribution in [0.5, 0.6) is 0 Å². The van der Waals surface area contributed by atoms with Gasteiger partial charge < -0.3 is 9.88 Å². The molecule has 0 spiro atoms. The van der Waals surface area contributed by atoms with Crippen LogP contribution in [0.4, 0.5) is 4.39 Å². The highest BCUT2D eigenvalue weighted by Crippen LogP contribution is 2.30. The SMILES string of the molecule is C[NH+](Cc1cccc(F)c1)Cc1nc2sc(-c3ccccc3)cc2c(=O)[nH]1. The Hall–Kier alpha value is -2.83. The molecule has 0 saturated heterocycles. The number of hydrogen-bond donors (Lipinski definition) is 2. The molecule has 136 valence electrons. The second-order valence-electron chi connectivity index (χ2n) is 6.65. The minimum atomic E-state index is -0.236. The molecule has 0 radical (unpaired) electrons. The van der Waals surface area contributed by atoms with E-state index in [1.807, 2.05) is 49.5 Å². The van der Waals surface area contributed by atoms with Gasteiger partial charge >= 0.3 is 0 Å². The summed E-state index contributed by atoms with van der Waals surface area (Å²) in [5.74, 6) is 0.406. The molecule has 2 N–H and O–H groups in total. The highest BCUT2D eigenvalue weighted by molar-refractivity contribution is 7.21. The van der Waals surface area contributed by atoms with Crippen molar-refractivity contribution < 1.29 is 9.29 Å². The molecule has 4 rings (SSSR count). The lowest BCUT2D eigenvalue weighted by Gasteiger charge is -2.13. The Balaban J connectivity index is 1.58. The molecular formula is C21H19FN3OS+. The van der Waals surface area contributed by atoms with Crippen LogP contribution in [0.25, 0.3) is 20.7 Å². The van der Waals surface area contributed by atoms with E-state index < -0.39 is 0 Å². The third kappa shape index (κ3) is 3.97. The number of benzene rings is 2. The van der Waals surface area contributed by atoms with Gasteiger partial charge in [0.05, 0.1) is 12.4 Å². The summed E-state index contributed by atoms with van der Waals surface area (Å²) in [7, 11) is 2.00. The highest BCUT2D eigenvalue weighted by atomic mass is 32.1. The van der Waals surface area contributed by atoms with Gasteiger partial charge in [0.2, 0.25) is 0 Å². The Bertz CT molecular complexity index is 1140. The lowest BCUT2D eigenvalue weighted by molar-refractivity contribution is -0.908. The topological polar surface area (TPSA) is 50.2 Å². The van der Waals surface area contributed by atoms with Crippen LogP contribution in [0.2, 0.25) is 0 Å². The molecule has 2 aromatic carbocycles. The second-order valence-corrected chi connectivity index (χ2v) is 7.68. The van der Waals surface area contributed by atoms with Gasteiger partial charge in [-0.05, 0) is 23.8 Å². The van der Waals surface area contributed by atoms with Gasteiger partial charge in [-0.2, -0.15) is 0 Å². The summed E-state index contributed by atoms with van der Waals surface area (Å²) in [6.45, 7) is 1.21. The van der Waals surface area contributed by atoms with Crippen molar-refractivity contribution in [2.45, 2.75) is 13.1 Å². The Kier molecular flexibility index (Phi) is 4.83. The number of H-pyrrole nitrogens is 1. The summed E-state index contributed by atoms with van der Waals surface area (Å²) >= 11 is 1.52. The Morgan fingerprint density at radius 1 is 1.07 bits per heavy atom. The van der Waals surface area contributed by atoms with Gasteiger partial charge in [0.15, 0.2) is 5.82 Å². The van der Waals surface area contributed by atoms with Gasteiger partial charge in [0.25, 0.3) is 5.56 Å². The maximum absolute atomic E-state index is 13.3. The number of quaternary nitrogens is 1. The van der Waals surface area contributed by atoms with E-state index in [1.54, 1.807) is 6.07 Å². The fourth-order valence-corrected chi connectivity index (χ4v) is 4.20. The van der Waals surface area contributed by atoms with Crippen LogP contribution in [0, 0.1) is 5.82 Å². The van der Waals surface area contributed by atoms with E-state index in [-0.39, 0.29) is 11.4 Å². The van der Waals surface area contributed by atoms with E-state index in [9.17, 15) is 9.18 Å². The molecule has 0 amide bonds. The molecule has 0 aliphatic rings. The average Bonchev–Trinajstić information content (AvgIpc) is 3.07. The van der Waals surface area contributed by atoms with Gasteiger partial charge in [0.1, 0.15) is 23.7 Å². The van der Waals surface area contributed by atoms with E-state index in [4.69, 9.17) is 0 Å². The van der Waals surface area contributed by atoms with E-state index in [0.717, 1.165) is 25.7 Å². The minimum absolute atomic E-state index is 0.119. The molecular weight excluding hydrogens is 361 g/mol. The maximum atomic E-state index is 13.3. The summed E-state index contributed by atoms with van der Waals surface area (Å²) in [6, 6.07) is 18.5. The quantitative estimate of drug-likeness (QED) is 0.559. The smallest absolute Gasteiger partial charge is 0.259 e. The van der Waals surface area contributed by atoms with Crippen molar-refractivity contribution in [3.05, 3.63) is 88.2 Å². The molecule has 2 aromatic heterocycles. The van der Waals surface area contributed by atoms with Gasteiger partial charge in [0, 0.05) is 10.4 Å². The van der Waals surface area contributed by atoms with Crippen LogP contribution >= 0.6 is 11.3 Å². The number of aromatic nitrogens is 2. The van der Waals surface area contributed by atoms with E-state index in [2.05, 4.69) is 9.97 Å². The monoisotopic (exact) mass is 380 g/mol. The molecule has 4 aromatic rings. The third-order valence-electron chi connectivity index (χ3n) is 4.37. The zero-order valence-electron chi connectivity index (χ0n) is 14.8. The van der Waals surface area contributed by atoms with Crippen LogP contribution in [0.3, 0.4) is 0 Å². The molecule has 6 heteroatoms. The molecule has 1 atom stereocenters. The summed E-state index contributed by atoms with van der Waals surface area (Å²) < 4.78 is 13.3. The Morgan fingerprint density at radius 3 is 2.67 bits per heavy atom. The number of nitrogens with zero attached hydrogens (tertiary/aromatic N) is 1. The van der Waals surface area contributed by atoms with Gasteiger partial charge in [-0.1, -0.05) is 42.5 Å². The number of hydrogen-bond acceptors (Lipinski definition) is 3. The van der Waals surface area contributed by atoms with Crippen molar-refractivity contribution >= 4 is 21.6 Å². The number of rotatable bonds is 5. The predicted molar refractivity (Wildman–Crippen MR) is 106 cm³/mol. The standard InChI is InChI=1S/C21H18FN3OS/c1-25(12-14-6-5-9-16(22)10-14)13-19-23-20(26)17-11-18(27-21(17)24-19)15-7-3-2-4-8-15/h2-11H,12-13H2,1H3,(H,23,24,26)/p+1. The third-order valence-corrected chi connectivity index (χ3v) is 5.45.